The number of nitrogens with zero attached hydrogens (tertiary/aromatic N) is 3. The molecule has 0 N–H and O–H groups in total. The van der Waals surface area contributed by atoms with Crippen molar-refractivity contribution in [2.75, 3.05) is 19.7 Å². The highest BCUT2D eigenvalue weighted by Gasteiger charge is 2.43. The maximum Gasteiger partial charge on any atom is 0.255 e. The van der Waals surface area contributed by atoms with E-state index in [1.165, 1.54) is 0 Å². The summed E-state index contributed by atoms with van der Waals surface area (Å²) < 4.78 is 11.8. The predicted molar refractivity (Wildman–Crippen MR) is 101 cm³/mol. The van der Waals surface area contributed by atoms with Gasteiger partial charge in [0.1, 0.15) is 12.4 Å². The first-order chi connectivity index (χ1) is 13.1. The largest absolute Gasteiger partial charge is 0.489 e. The lowest BCUT2D eigenvalue weighted by atomic mass is 10.0. The first kappa shape index (κ1) is 18.2. The summed E-state index contributed by atoms with van der Waals surface area (Å²) in [6, 6.07) is 5.51. The monoisotopic (exact) mass is 387 g/mol. The molecule has 3 atom stereocenters. The normalized spacial score (nSPS) is 24.1. The summed E-state index contributed by atoms with van der Waals surface area (Å²) in [6.45, 7) is 3.85. The standard InChI is InChI=1S/C20H22ClN3O3/c1-2-16-4-3-13(7-23-16)20(25)24-10-14-5-18(27-19(14)11-24)12-26-17-6-15(21)8-22-9-17/h3-4,6-9,14,18-19H,2,5,10-12H2,1H3/t14-,18-,19+/m0/s1. The first-order valence-corrected chi connectivity index (χ1v) is 9.63. The van der Waals surface area contributed by atoms with Crippen LogP contribution in [0.15, 0.2) is 36.8 Å². The van der Waals surface area contributed by atoms with Gasteiger partial charge in [-0.2, -0.15) is 0 Å². The molecule has 27 heavy (non-hydrogen) atoms. The van der Waals surface area contributed by atoms with Gasteiger partial charge >= 0.3 is 0 Å². The molecule has 0 spiro atoms. The second kappa shape index (κ2) is 7.82. The predicted octanol–water partition coefficient (Wildman–Crippen LogP) is 3.00. The number of hydrogen-bond acceptors (Lipinski definition) is 5. The number of carbonyl (C=O) groups excluding carboxylic acids is 1. The molecule has 0 saturated carbocycles. The number of hydrogen-bond donors (Lipinski definition) is 0. The van der Waals surface area contributed by atoms with E-state index in [2.05, 4.69) is 9.97 Å². The van der Waals surface area contributed by atoms with Crippen molar-refractivity contribution in [1.82, 2.24) is 14.9 Å². The van der Waals surface area contributed by atoms with Crippen LogP contribution in [-0.4, -0.2) is 52.7 Å². The quantitative estimate of drug-likeness (QED) is 0.789. The van der Waals surface area contributed by atoms with Crippen molar-refractivity contribution in [3.8, 4) is 5.75 Å². The molecule has 2 aliphatic heterocycles. The van der Waals surface area contributed by atoms with Gasteiger partial charge in [0, 0.05) is 43.2 Å². The van der Waals surface area contributed by atoms with Crippen molar-refractivity contribution < 1.29 is 14.3 Å². The number of pyridine rings is 2. The van der Waals surface area contributed by atoms with Gasteiger partial charge in [-0.1, -0.05) is 18.5 Å². The Morgan fingerprint density at radius 1 is 1.33 bits per heavy atom. The van der Waals surface area contributed by atoms with E-state index < -0.39 is 0 Å². The van der Waals surface area contributed by atoms with Crippen LogP contribution in [0.2, 0.25) is 5.02 Å². The van der Waals surface area contributed by atoms with E-state index in [-0.39, 0.29) is 18.1 Å². The minimum atomic E-state index is 0.0287. The minimum Gasteiger partial charge on any atom is -0.489 e. The number of aryl methyl sites for hydroxylation is 1. The average Bonchev–Trinajstić information content (AvgIpc) is 3.25. The van der Waals surface area contributed by atoms with Crippen molar-refractivity contribution in [3.05, 3.63) is 53.1 Å². The van der Waals surface area contributed by atoms with Crippen LogP contribution < -0.4 is 4.74 Å². The summed E-state index contributed by atoms with van der Waals surface area (Å²) >= 11 is 5.92. The van der Waals surface area contributed by atoms with E-state index in [0.29, 0.717) is 41.9 Å². The Labute approximate surface area is 163 Å². The van der Waals surface area contributed by atoms with Gasteiger partial charge in [-0.05, 0) is 25.0 Å². The van der Waals surface area contributed by atoms with Crippen molar-refractivity contribution >= 4 is 17.5 Å². The first-order valence-electron chi connectivity index (χ1n) is 9.25. The van der Waals surface area contributed by atoms with Gasteiger partial charge in [-0.3, -0.25) is 14.8 Å². The number of amides is 1. The Bertz CT molecular complexity index is 800. The lowest BCUT2D eigenvalue weighted by molar-refractivity contribution is 0.0130. The fourth-order valence-corrected chi connectivity index (χ4v) is 3.90. The van der Waals surface area contributed by atoms with E-state index in [1.807, 2.05) is 24.0 Å². The molecule has 0 aliphatic carbocycles. The number of rotatable bonds is 5. The molecule has 2 aromatic heterocycles. The molecule has 1 amide bonds. The number of carbonyl (C=O) groups is 1. The summed E-state index contributed by atoms with van der Waals surface area (Å²) in [4.78, 5) is 22.9. The van der Waals surface area contributed by atoms with E-state index in [9.17, 15) is 4.79 Å². The zero-order valence-corrected chi connectivity index (χ0v) is 15.9. The highest BCUT2D eigenvalue weighted by atomic mass is 35.5. The fourth-order valence-electron chi connectivity index (χ4n) is 3.74. The third kappa shape index (κ3) is 4.06. The second-order valence-corrected chi connectivity index (χ2v) is 7.48. The molecule has 0 bridgehead atoms. The molecule has 142 valence electrons. The smallest absolute Gasteiger partial charge is 0.255 e. The van der Waals surface area contributed by atoms with Crippen LogP contribution in [0.3, 0.4) is 0 Å². The lowest BCUT2D eigenvalue weighted by Gasteiger charge is -2.19. The number of likely N-dealkylation sites (tertiary alicyclic amines) is 1. The summed E-state index contributed by atoms with van der Waals surface area (Å²) in [5.74, 6) is 1.02. The van der Waals surface area contributed by atoms with Crippen LogP contribution in [0.5, 0.6) is 5.75 Å². The van der Waals surface area contributed by atoms with Crippen LogP contribution in [0.4, 0.5) is 0 Å². The molecule has 0 radical (unpaired) electrons. The van der Waals surface area contributed by atoms with Crippen molar-refractivity contribution in [1.29, 1.82) is 0 Å². The molecular formula is C20H22ClN3O3. The van der Waals surface area contributed by atoms with Crippen LogP contribution in [0.1, 0.15) is 29.4 Å². The van der Waals surface area contributed by atoms with Crippen molar-refractivity contribution in [3.63, 3.8) is 0 Å². The zero-order chi connectivity index (χ0) is 18.8. The molecule has 0 aromatic carbocycles. The Balaban J connectivity index is 1.29. The van der Waals surface area contributed by atoms with Gasteiger partial charge in [-0.15, -0.1) is 0 Å². The van der Waals surface area contributed by atoms with Crippen LogP contribution in [-0.2, 0) is 11.2 Å². The van der Waals surface area contributed by atoms with E-state index in [0.717, 1.165) is 18.5 Å². The van der Waals surface area contributed by atoms with Gasteiger partial charge < -0.3 is 14.4 Å². The molecule has 0 unspecified atom stereocenters. The van der Waals surface area contributed by atoms with Crippen LogP contribution in [0, 0.1) is 5.92 Å². The molecule has 6 nitrogen and oxygen atoms in total. The fraction of sp³-hybridized carbons (Fsp3) is 0.450. The van der Waals surface area contributed by atoms with Crippen LogP contribution >= 0.6 is 11.6 Å². The maximum atomic E-state index is 12.7. The second-order valence-electron chi connectivity index (χ2n) is 7.04. The highest BCUT2D eigenvalue weighted by molar-refractivity contribution is 6.30. The number of halogens is 1. The molecular weight excluding hydrogens is 366 g/mol. The van der Waals surface area contributed by atoms with Crippen molar-refractivity contribution in [2.45, 2.75) is 32.0 Å². The SMILES string of the molecule is CCc1ccc(C(=O)N2C[C@@H]3C[C@@H](COc4cncc(Cl)c4)O[C@@H]3C2)cn1. The number of ether oxygens (including phenoxy) is 2. The third-order valence-corrected chi connectivity index (χ3v) is 5.36. The lowest BCUT2D eigenvalue weighted by Crippen LogP contribution is -2.32. The topological polar surface area (TPSA) is 64.6 Å². The van der Waals surface area contributed by atoms with Crippen LogP contribution in [0.25, 0.3) is 0 Å². The Kier molecular flexibility index (Phi) is 5.27. The van der Waals surface area contributed by atoms with Gasteiger partial charge in [0.2, 0.25) is 0 Å². The highest BCUT2D eigenvalue weighted by Crippen LogP contribution is 2.34. The summed E-state index contributed by atoms with van der Waals surface area (Å²) in [5.41, 5.74) is 1.63. The van der Waals surface area contributed by atoms with E-state index in [1.54, 1.807) is 24.7 Å². The van der Waals surface area contributed by atoms with Gasteiger partial charge in [0.05, 0.1) is 29.0 Å². The van der Waals surface area contributed by atoms with Crippen molar-refractivity contribution in [2.24, 2.45) is 5.92 Å². The van der Waals surface area contributed by atoms with Gasteiger partial charge in [0.15, 0.2) is 0 Å². The van der Waals surface area contributed by atoms with Gasteiger partial charge in [0.25, 0.3) is 5.91 Å². The number of fused-ring (bicyclic) bond motifs is 1. The third-order valence-electron chi connectivity index (χ3n) is 5.15. The summed E-state index contributed by atoms with van der Waals surface area (Å²) in [7, 11) is 0. The molecule has 4 rings (SSSR count). The molecule has 2 aliphatic rings. The molecule has 4 heterocycles. The zero-order valence-electron chi connectivity index (χ0n) is 15.2. The molecule has 7 heteroatoms. The average molecular weight is 388 g/mol. The van der Waals surface area contributed by atoms with E-state index >= 15 is 0 Å². The summed E-state index contributed by atoms with van der Waals surface area (Å²) in [6.07, 6.45) is 6.73. The molecule has 2 fully saturated rings. The Morgan fingerprint density at radius 3 is 2.93 bits per heavy atom. The summed E-state index contributed by atoms with van der Waals surface area (Å²) in [5, 5.41) is 0.548. The molecule has 2 saturated heterocycles. The number of aromatic nitrogens is 2. The van der Waals surface area contributed by atoms with E-state index in [4.69, 9.17) is 21.1 Å². The Hall–Kier alpha value is -2.18. The molecule has 2 aromatic rings. The van der Waals surface area contributed by atoms with Gasteiger partial charge in [-0.25, -0.2) is 0 Å². The minimum absolute atomic E-state index is 0.0287. The Morgan fingerprint density at radius 2 is 2.22 bits per heavy atom. The maximum absolute atomic E-state index is 12.7.